The summed E-state index contributed by atoms with van der Waals surface area (Å²) >= 11 is 0. The number of nitrogens with one attached hydrogen (secondary N) is 3. The first kappa shape index (κ1) is 19.0. The highest BCUT2D eigenvalue weighted by molar-refractivity contribution is 5.86. The lowest BCUT2D eigenvalue weighted by molar-refractivity contribution is -0.123. The second kappa shape index (κ2) is 8.72. The van der Waals surface area contributed by atoms with Gasteiger partial charge in [0.1, 0.15) is 11.6 Å². The molecule has 2 heterocycles. The van der Waals surface area contributed by atoms with E-state index >= 15 is 0 Å². The number of morpholine rings is 1. The Morgan fingerprint density at radius 3 is 2.67 bits per heavy atom. The lowest BCUT2D eigenvalue weighted by Crippen LogP contribution is -2.53. The van der Waals surface area contributed by atoms with Crippen molar-refractivity contribution in [2.24, 2.45) is 0 Å². The molecule has 3 rings (SSSR count). The number of carbonyl (C=O) groups excluding carboxylic acids is 2. The lowest BCUT2D eigenvalue weighted by Gasteiger charge is -2.28. The zero-order valence-corrected chi connectivity index (χ0v) is 15.5. The molecule has 2 atom stereocenters. The number of hydrogen-bond donors (Lipinski definition) is 3. The van der Waals surface area contributed by atoms with Crippen molar-refractivity contribution in [3.05, 3.63) is 24.3 Å². The van der Waals surface area contributed by atoms with Crippen molar-refractivity contribution in [2.45, 2.75) is 25.9 Å². The van der Waals surface area contributed by atoms with Gasteiger partial charge in [0.2, 0.25) is 5.91 Å². The Kier molecular flexibility index (Phi) is 6.12. The minimum absolute atomic E-state index is 0.171. The zero-order valence-electron chi connectivity index (χ0n) is 15.5. The SMILES string of the molecule is C[C@H](NC(=O)N1CCOCC1)C(=O)N[C@@H](C)CNc1nc2ccccc2o1. The molecule has 2 aromatic rings. The minimum atomic E-state index is -0.632. The molecular formula is C18H25N5O4. The molecule has 0 saturated carbocycles. The van der Waals surface area contributed by atoms with E-state index in [1.807, 2.05) is 31.2 Å². The maximum Gasteiger partial charge on any atom is 0.318 e. The number of amides is 3. The van der Waals surface area contributed by atoms with Crippen LogP contribution in [-0.4, -0.2) is 66.8 Å². The van der Waals surface area contributed by atoms with Gasteiger partial charge in [-0.15, -0.1) is 0 Å². The molecule has 0 aliphatic carbocycles. The highest BCUT2D eigenvalue weighted by Gasteiger charge is 2.22. The molecule has 9 heteroatoms. The molecule has 27 heavy (non-hydrogen) atoms. The quantitative estimate of drug-likeness (QED) is 0.699. The molecule has 9 nitrogen and oxygen atoms in total. The molecule has 1 aromatic carbocycles. The normalized spacial score (nSPS) is 16.6. The Morgan fingerprint density at radius 2 is 1.93 bits per heavy atom. The number of nitrogens with zero attached hydrogens (tertiary/aromatic N) is 2. The Balaban J connectivity index is 1.42. The monoisotopic (exact) mass is 375 g/mol. The number of carbonyl (C=O) groups is 2. The second-order valence-corrected chi connectivity index (χ2v) is 6.55. The van der Waals surface area contributed by atoms with Crippen LogP contribution < -0.4 is 16.0 Å². The van der Waals surface area contributed by atoms with Crippen LogP contribution in [0.15, 0.2) is 28.7 Å². The molecule has 1 saturated heterocycles. The van der Waals surface area contributed by atoms with Crippen LogP contribution in [0.1, 0.15) is 13.8 Å². The van der Waals surface area contributed by atoms with Crippen LogP contribution in [0.25, 0.3) is 11.1 Å². The van der Waals surface area contributed by atoms with Gasteiger partial charge in [0.05, 0.1) is 13.2 Å². The first-order valence-electron chi connectivity index (χ1n) is 9.06. The van der Waals surface area contributed by atoms with Crippen molar-refractivity contribution in [3.63, 3.8) is 0 Å². The van der Waals surface area contributed by atoms with Crippen LogP contribution in [0.3, 0.4) is 0 Å². The number of rotatable bonds is 6. The van der Waals surface area contributed by atoms with E-state index in [0.717, 1.165) is 5.52 Å². The van der Waals surface area contributed by atoms with Crippen LogP contribution >= 0.6 is 0 Å². The fourth-order valence-corrected chi connectivity index (χ4v) is 2.72. The Hall–Kier alpha value is -2.81. The third-order valence-corrected chi connectivity index (χ3v) is 4.27. The first-order valence-corrected chi connectivity index (χ1v) is 9.06. The second-order valence-electron chi connectivity index (χ2n) is 6.55. The number of urea groups is 1. The Morgan fingerprint density at radius 1 is 1.19 bits per heavy atom. The average Bonchev–Trinajstić information content (AvgIpc) is 3.10. The fourth-order valence-electron chi connectivity index (χ4n) is 2.72. The van der Waals surface area contributed by atoms with E-state index in [0.29, 0.717) is 44.4 Å². The van der Waals surface area contributed by atoms with Gasteiger partial charge in [-0.3, -0.25) is 4.79 Å². The van der Waals surface area contributed by atoms with Gasteiger partial charge in [0.25, 0.3) is 6.01 Å². The van der Waals surface area contributed by atoms with E-state index in [1.54, 1.807) is 11.8 Å². The van der Waals surface area contributed by atoms with E-state index in [4.69, 9.17) is 9.15 Å². The molecule has 3 amide bonds. The molecule has 146 valence electrons. The van der Waals surface area contributed by atoms with Crippen molar-refractivity contribution in [2.75, 3.05) is 38.2 Å². The summed E-state index contributed by atoms with van der Waals surface area (Å²) in [6, 6.07) is 6.84. The summed E-state index contributed by atoms with van der Waals surface area (Å²) in [4.78, 5) is 30.4. The molecule has 1 fully saturated rings. The standard InChI is InChI=1S/C18H25N5O4/c1-12(11-19-17-22-14-5-3-4-6-15(14)27-17)20-16(24)13(2)21-18(25)23-7-9-26-10-8-23/h3-6,12-13H,7-11H2,1-2H3,(H,19,22)(H,20,24)(H,21,25)/t12-,13-/m0/s1. The van der Waals surface area contributed by atoms with Crippen LogP contribution in [0.4, 0.5) is 10.8 Å². The lowest BCUT2D eigenvalue weighted by atomic mass is 10.2. The number of ether oxygens (including phenoxy) is 1. The number of hydrogen-bond acceptors (Lipinski definition) is 6. The van der Waals surface area contributed by atoms with E-state index in [9.17, 15) is 9.59 Å². The van der Waals surface area contributed by atoms with E-state index < -0.39 is 6.04 Å². The summed E-state index contributed by atoms with van der Waals surface area (Å²) in [5.41, 5.74) is 1.48. The van der Waals surface area contributed by atoms with Gasteiger partial charge in [-0.2, -0.15) is 4.98 Å². The fraction of sp³-hybridized carbons (Fsp3) is 0.500. The van der Waals surface area contributed by atoms with Gasteiger partial charge < -0.3 is 30.0 Å². The van der Waals surface area contributed by atoms with E-state index in [-0.39, 0.29) is 18.0 Å². The molecule has 0 spiro atoms. The molecule has 0 radical (unpaired) electrons. The van der Waals surface area contributed by atoms with E-state index in [2.05, 4.69) is 20.9 Å². The summed E-state index contributed by atoms with van der Waals surface area (Å²) in [5, 5.41) is 8.65. The molecule has 1 aliphatic rings. The van der Waals surface area contributed by atoms with Crippen molar-refractivity contribution >= 4 is 29.1 Å². The Bertz CT molecular complexity index is 754. The molecule has 1 aliphatic heterocycles. The summed E-state index contributed by atoms with van der Waals surface area (Å²) in [7, 11) is 0. The predicted molar refractivity (Wildman–Crippen MR) is 100 cm³/mol. The third-order valence-electron chi connectivity index (χ3n) is 4.27. The average molecular weight is 375 g/mol. The molecule has 3 N–H and O–H groups in total. The molecule has 1 aromatic heterocycles. The van der Waals surface area contributed by atoms with Gasteiger partial charge in [-0.05, 0) is 26.0 Å². The highest BCUT2D eigenvalue weighted by atomic mass is 16.5. The Labute approximate surface area is 157 Å². The number of anilines is 1. The number of aromatic nitrogens is 1. The molecular weight excluding hydrogens is 350 g/mol. The van der Waals surface area contributed by atoms with E-state index in [1.165, 1.54) is 0 Å². The summed E-state index contributed by atoms with van der Waals surface area (Å²) in [6.07, 6.45) is 0. The maximum atomic E-state index is 12.3. The number of benzene rings is 1. The van der Waals surface area contributed by atoms with Gasteiger partial charge >= 0.3 is 6.03 Å². The van der Waals surface area contributed by atoms with Gasteiger partial charge in [0.15, 0.2) is 5.58 Å². The van der Waals surface area contributed by atoms with Crippen LogP contribution in [0.2, 0.25) is 0 Å². The molecule has 0 unspecified atom stereocenters. The summed E-state index contributed by atoms with van der Waals surface area (Å²) in [5.74, 6) is -0.247. The van der Waals surface area contributed by atoms with Gasteiger partial charge in [-0.25, -0.2) is 4.79 Å². The topological polar surface area (TPSA) is 109 Å². The number of fused-ring (bicyclic) bond motifs is 1. The van der Waals surface area contributed by atoms with Crippen LogP contribution in [0.5, 0.6) is 0 Å². The highest BCUT2D eigenvalue weighted by Crippen LogP contribution is 2.17. The van der Waals surface area contributed by atoms with Crippen molar-refractivity contribution in [3.8, 4) is 0 Å². The smallest absolute Gasteiger partial charge is 0.318 e. The summed E-state index contributed by atoms with van der Waals surface area (Å²) < 4.78 is 10.8. The first-order chi connectivity index (χ1) is 13.0. The maximum absolute atomic E-state index is 12.3. The van der Waals surface area contributed by atoms with Crippen LogP contribution in [0, 0.1) is 0 Å². The third kappa shape index (κ3) is 5.10. The van der Waals surface area contributed by atoms with Crippen molar-refractivity contribution in [1.29, 1.82) is 0 Å². The van der Waals surface area contributed by atoms with Gasteiger partial charge in [-0.1, -0.05) is 12.1 Å². The van der Waals surface area contributed by atoms with Crippen molar-refractivity contribution < 1.29 is 18.7 Å². The van der Waals surface area contributed by atoms with Crippen LogP contribution in [-0.2, 0) is 9.53 Å². The van der Waals surface area contributed by atoms with Crippen molar-refractivity contribution in [1.82, 2.24) is 20.5 Å². The zero-order chi connectivity index (χ0) is 19.2. The largest absolute Gasteiger partial charge is 0.424 e. The number of para-hydroxylation sites is 2. The van der Waals surface area contributed by atoms with Gasteiger partial charge in [0, 0.05) is 25.7 Å². The minimum Gasteiger partial charge on any atom is -0.424 e. The molecule has 0 bridgehead atoms. The predicted octanol–water partition coefficient (Wildman–Crippen LogP) is 1.17. The summed E-state index contributed by atoms with van der Waals surface area (Å²) in [6.45, 7) is 6.08. The number of oxazole rings is 1.